The zero-order valence-corrected chi connectivity index (χ0v) is 20.4. The summed E-state index contributed by atoms with van der Waals surface area (Å²) in [6.45, 7) is 3.06. The van der Waals surface area contributed by atoms with Crippen molar-refractivity contribution in [3.05, 3.63) is 62.5 Å². The quantitative estimate of drug-likeness (QED) is 0.372. The minimum atomic E-state index is -0.741. The number of carbonyl (C=O) groups is 1. The summed E-state index contributed by atoms with van der Waals surface area (Å²) in [7, 11) is 0. The average molecular weight is 508 g/mol. The first-order valence-corrected chi connectivity index (χ1v) is 13.0. The number of anilines is 1. The molecule has 36 heavy (non-hydrogen) atoms. The lowest BCUT2D eigenvalue weighted by molar-refractivity contribution is -0.117. The predicted octanol–water partition coefficient (Wildman–Crippen LogP) is 3.22. The Morgan fingerprint density at radius 2 is 1.86 bits per heavy atom. The van der Waals surface area contributed by atoms with E-state index in [1.165, 1.54) is 11.5 Å². The van der Waals surface area contributed by atoms with E-state index in [2.05, 4.69) is 24.5 Å². The standard InChI is InChI=1S/C26H26FN5O3S/c27-13-16-11-20-21(32(18-5-6-18)26-23(24(20)34)25(35)30-36-26)12-19(16)15-1-3-17(4-2-15)29-22(33)14-31-9-7-28-8-10-31/h1-4,11-12,18,28H,5-10,13-14H2,(H,29,33)(H,30,35). The second kappa shape index (κ2) is 9.27. The van der Waals surface area contributed by atoms with Gasteiger partial charge in [0.1, 0.15) is 16.9 Å². The Morgan fingerprint density at radius 3 is 2.56 bits per heavy atom. The molecule has 4 aromatic rings. The number of pyridine rings is 1. The first kappa shape index (κ1) is 23.1. The Hall–Kier alpha value is -3.34. The number of halogens is 1. The highest BCUT2D eigenvalue weighted by Gasteiger charge is 2.29. The predicted molar refractivity (Wildman–Crippen MR) is 141 cm³/mol. The van der Waals surface area contributed by atoms with Crippen molar-refractivity contribution in [3.8, 4) is 11.1 Å². The largest absolute Gasteiger partial charge is 0.328 e. The molecule has 2 fully saturated rings. The highest BCUT2D eigenvalue weighted by atomic mass is 32.1. The number of rotatable bonds is 6. The number of fused-ring (bicyclic) bond motifs is 2. The Morgan fingerprint density at radius 1 is 1.11 bits per heavy atom. The minimum Gasteiger partial charge on any atom is -0.328 e. The van der Waals surface area contributed by atoms with Crippen molar-refractivity contribution in [3.63, 3.8) is 0 Å². The van der Waals surface area contributed by atoms with Gasteiger partial charge in [0.25, 0.3) is 5.56 Å². The van der Waals surface area contributed by atoms with E-state index >= 15 is 0 Å². The minimum absolute atomic E-state index is 0.0669. The van der Waals surface area contributed by atoms with Crippen molar-refractivity contribution in [1.82, 2.24) is 19.2 Å². The van der Waals surface area contributed by atoms with Crippen LogP contribution in [0.25, 0.3) is 32.2 Å². The molecule has 2 aliphatic rings. The molecule has 1 aliphatic carbocycles. The number of alkyl halides is 1. The lowest BCUT2D eigenvalue weighted by Gasteiger charge is -2.26. The summed E-state index contributed by atoms with van der Waals surface area (Å²) in [6, 6.07) is 11.0. The molecule has 0 unspecified atom stereocenters. The lowest BCUT2D eigenvalue weighted by Crippen LogP contribution is -2.46. The van der Waals surface area contributed by atoms with Gasteiger partial charge in [0.15, 0.2) is 0 Å². The van der Waals surface area contributed by atoms with Gasteiger partial charge in [-0.1, -0.05) is 12.1 Å². The van der Waals surface area contributed by atoms with E-state index in [9.17, 15) is 18.8 Å². The molecule has 2 aromatic heterocycles. The van der Waals surface area contributed by atoms with Gasteiger partial charge < -0.3 is 15.2 Å². The molecule has 6 rings (SSSR count). The number of aromatic nitrogens is 2. The molecule has 2 aromatic carbocycles. The normalized spacial score (nSPS) is 16.6. The molecular formula is C26H26FN5O3S. The Kier molecular flexibility index (Phi) is 5.94. The number of carbonyl (C=O) groups excluding carboxylic acids is 1. The number of hydrogen-bond donors (Lipinski definition) is 3. The molecule has 0 atom stereocenters. The van der Waals surface area contributed by atoms with Crippen molar-refractivity contribution in [2.24, 2.45) is 0 Å². The molecule has 1 saturated carbocycles. The topological polar surface area (TPSA) is 99.2 Å². The van der Waals surface area contributed by atoms with Gasteiger partial charge in [0, 0.05) is 43.3 Å². The van der Waals surface area contributed by atoms with E-state index in [1.807, 2.05) is 30.3 Å². The van der Waals surface area contributed by atoms with Crippen LogP contribution in [0.3, 0.4) is 0 Å². The summed E-state index contributed by atoms with van der Waals surface area (Å²) in [5, 5.41) is 6.73. The SMILES string of the molecule is O=C(CN1CCNCC1)Nc1ccc(-c2cc3c(cc2CF)c(=O)c2c(=O)[nH]sc2n3C2CC2)cc1. The third-order valence-corrected chi connectivity index (χ3v) is 7.85. The van der Waals surface area contributed by atoms with Crippen LogP contribution in [0.4, 0.5) is 10.1 Å². The van der Waals surface area contributed by atoms with Crippen LogP contribution in [0.15, 0.2) is 46.0 Å². The van der Waals surface area contributed by atoms with Crippen molar-refractivity contribution in [2.45, 2.75) is 25.6 Å². The first-order valence-electron chi connectivity index (χ1n) is 12.1. The zero-order chi connectivity index (χ0) is 24.8. The Labute approximate surface area is 209 Å². The molecule has 3 heterocycles. The van der Waals surface area contributed by atoms with Crippen LogP contribution in [0.1, 0.15) is 24.4 Å². The number of nitrogens with zero attached hydrogens (tertiary/aromatic N) is 2. The van der Waals surface area contributed by atoms with Crippen LogP contribution in [0, 0.1) is 0 Å². The molecule has 3 N–H and O–H groups in total. The van der Waals surface area contributed by atoms with Gasteiger partial charge in [-0.15, -0.1) is 0 Å². The summed E-state index contributed by atoms with van der Waals surface area (Å²) in [6.07, 6.45) is 1.95. The fraction of sp³-hybridized carbons (Fsp3) is 0.346. The molecule has 10 heteroatoms. The van der Waals surface area contributed by atoms with Crippen LogP contribution < -0.4 is 21.6 Å². The average Bonchev–Trinajstić information content (AvgIpc) is 3.65. The number of nitrogens with one attached hydrogen (secondary N) is 3. The van der Waals surface area contributed by atoms with Gasteiger partial charge in [-0.05, 0) is 65.3 Å². The van der Waals surface area contributed by atoms with Gasteiger partial charge in [0.2, 0.25) is 11.3 Å². The van der Waals surface area contributed by atoms with E-state index in [0.717, 1.165) is 44.6 Å². The van der Waals surface area contributed by atoms with Gasteiger partial charge >= 0.3 is 0 Å². The maximum absolute atomic E-state index is 14.2. The smallest absolute Gasteiger partial charge is 0.271 e. The molecule has 0 bridgehead atoms. The van der Waals surface area contributed by atoms with Gasteiger partial charge in [-0.3, -0.25) is 23.7 Å². The number of hydrogen-bond acceptors (Lipinski definition) is 6. The molecule has 8 nitrogen and oxygen atoms in total. The van der Waals surface area contributed by atoms with E-state index in [-0.39, 0.29) is 22.8 Å². The summed E-state index contributed by atoms with van der Waals surface area (Å²) in [4.78, 5) is 40.7. The molecule has 1 amide bonds. The van der Waals surface area contributed by atoms with Crippen molar-refractivity contribution in [2.75, 3.05) is 38.0 Å². The zero-order valence-electron chi connectivity index (χ0n) is 19.6. The number of piperazine rings is 1. The van der Waals surface area contributed by atoms with Crippen LogP contribution >= 0.6 is 11.5 Å². The fourth-order valence-corrected chi connectivity index (χ4v) is 5.93. The highest BCUT2D eigenvalue weighted by molar-refractivity contribution is 7.12. The number of benzene rings is 2. The third kappa shape index (κ3) is 4.15. The van der Waals surface area contributed by atoms with Crippen molar-refractivity contribution in [1.29, 1.82) is 0 Å². The number of H-pyrrole nitrogens is 1. The molecule has 1 aliphatic heterocycles. The van der Waals surface area contributed by atoms with E-state index < -0.39 is 12.2 Å². The Balaban J connectivity index is 1.36. The highest BCUT2D eigenvalue weighted by Crippen LogP contribution is 2.41. The summed E-state index contributed by atoms with van der Waals surface area (Å²) in [5.41, 5.74) is 2.52. The monoisotopic (exact) mass is 507 g/mol. The number of amides is 1. The van der Waals surface area contributed by atoms with Gasteiger partial charge in [-0.2, -0.15) is 0 Å². The molecule has 0 radical (unpaired) electrons. The van der Waals surface area contributed by atoms with E-state index in [4.69, 9.17) is 0 Å². The maximum atomic E-state index is 14.2. The first-order chi connectivity index (χ1) is 17.5. The van der Waals surface area contributed by atoms with Crippen LogP contribution in [0.5, 0.6) is 0 Å². The molecule has 186 valence electrons. The summed E-state index contributed by atoms with van der Waals surface area (Å²) < 4.78 is 18.9. The maximum Gasteiger partial charge on any atom is 0.271 e. The van der Waals surface area contributed by atoms with Crippen molar-refractivity contribution < 1.29 is 9.18 Å². The lowest BCUT2D eigenvalue weighted by atomic mass is 9.97. The van der Waals surface area contributed by atoms with Gasteiger partial charge in [0.05, 0.1) is 12.1 Å². The van der Waals surface area contributed by atoms with Crippen LogP contribution in [-0.2, 0) is 11.5 Å². The van der Waals surface area contributed by atoms with Crippen LogP contribution in [-0.4, -0.2) is 52.5 Å². The van der Waals surface area contributed by atoms with E-state index in [1.54, 1.807) is 6.07 Å². The summed E-state index contributed by atoms with van der Waals surface area (Å²) >= 11 is 1.17. The molecule has 1 saturated heterocycles. The molecule has 0 spiro atoms. The fourth-order valence-electron chi connectivity index (χ4n) is 5.00. The van der Waals surface area contributed by atoms with Gasteiger partial charge in [-0.25, -0.2) is 4.39 Å². The number of aromatic amines is 1. The second-order valence-electron chi connectivity index (χ2n) is 9.46. The Bertz CT molecular complexity index is 1580. The molecular weight excluding hydrogens is 481 g/mol. The van der Waals surface area contributed by atoms with E-state index in [0.29, 0.717) is 39.1 Å². The second-order valence-corrected chi connectivity index (χ2v) is 10.3. The van der Waals surface area contributed by atoms with Crippen LogP contribution in [0.2, 0.25) is 0 Å². The van der Waals surface area contributed by atoms with Crippen molar-refractivity contribution >= 4 is 44.2 Å². The summed E-state index contributed by atoms with van der Waals surface area (Å²) in [5.74, 6) is -0.0669. The third-order valence-electron chi connectivity index (χ3n) is 6.97.